The average Bonchev–Trinajstić information content (AvgIpc) is 3.38. The summed E-state index contributed by atoms with van der Waals surface area (Å²) < 4.78 is 39.8. The van der Waals surface area contributed by atoms with Crippen molar-refractivity contribution in [1.29, 1.82) is 0 Å². The molecule has 1 aliphatic carbocycles. The Hall–Kier alpha value is -1.56. The predicted molar refractivity (Wildman–Crippen MR) is 107 cm³/mol. The molecule has 2 atom stereocenters. The van der Waals surface area contributed by atoms with Crippen LogP contribution in [0.4, 0.5) is 13.2 Å². The van der Waals surface area contributed by atoms with Gasteiger partial charge in [0.25, 0.3) is 0 Å². The van der Waals surface area contributed by atoms with Crippen molar-refractivity contribution >= 4 is 5.91 Å². The zero-order valence-corrected chi connectivity index (χ0v) is 17.0. The summed E-state index contributed by atoms with van der Waals surface area (Å²) in [5, 5.41) is 0. The van der Waals surface area contributed by atoms with Gasteiger partial charge in [0.05, 0.1) is 5.56 Å². The van der Waals surface area contributed by atoms with E-state index in [0.717, 1.165) is 56.9 Å². The first-order valence-corrected chi connectivity index (χ1v) is 11.1. The first kappa shape index (κ1) is 20.7. The van der Waals surface area contributed by atoms with Crippen LogP contribution in [0.3, 0.4) is 0 Å². The first-order valence-electron chi connectivity index (χ1n) is 11.1. The van der Waals surface area contributed by atoms with Crippen molar-refractivity contribution < 1.29 is 18.0 Å². The summed E-state index contributed by atoms with van der Waals surface area (Å²) in [4.78, 5) is 17.4. The average molecular weight is 409 g/mol. The molecule has 0 aromatic heterocycles. The summed E-state index contributed by atoms with van der Waals surface area (Å²) in [6, 6.07) is 5.77. The molecule has 3 aliphatic rings. The number of benzene rings is 1. The minimum absolute atomic E-state index is 0.0235. The summed E-state index contributed by atoms with van der Waals surface area (Å²) >= 11 is 0. The smallest absolute Gasteiger partial charge is 0.341 e. The lowest BCUT2D eigenvalue weighted by molar-refractivity contribution is -0.137. The largest absolute Gasteiger partial charge is 0.416 e. The van der Waals surface area contributed by atoms with Crippen molar-refractivity contribution in [2.45, 2.75) is 57.0 Å². The van der Waals surface area contributed by atoms with Crippen LogP contribution in [0.1, 0.15) is 62.0 Å². The number of carbonyl (C=O) groups excluding carboxylic acids is 1. The molecule has 1 amide bonds. The van der Waals surface area contributed by atoms with Gasteiger partial charge < -0.3 is 9.80 Å². The van der Waals surface area contributed by atoms with Crippen molar-refractivity contribution in [2.75, 3.05) is 32.7 Å². The Morgan fingerprint density at radius 2 is 1.72 bits per heavy atom. The Balaban J connectivity index is 1.55. The molecule has 0 unspecified atom stereocenters. The van der Waals surface area contributed by atoms with Crippen molar-refractivity contribution in [1.82, 2.24) is 9.80 Å². The molecular weight excluding hydrogens is 377 g/mol. The lowest BCUT2D eigenvalue weighted by Crippen LogP contribution is -2.37. The van der Waals surface area contributed by atoms with Gasteiger partial charge in [0.1, 0.15) is 0 Å². The highest BCUT2D eigenvalue weighted by atomic mass is 19.4. The van der Waals surface area contributed by atoms with Gasteiger partial charge in [0.2, 0.25) is 5.91 Å². The van der Waals surface area contributed by atoms with Crippen molar-refractivity contribution in [2.24, 2.45) is 11.8 Å². The van der Waals surface area contributed by atoms with E-state index < -0.39 is 11.7 Å². The number of nitrogens with zero attached hydrogens (tertiary/aromatic N) is 2. The van der Waals surface area contributed by atoms with Crippen LogP contribution in [0.5, 0.6) is 0 Å². The summed E-state index contributed by atoms with van der Waals surface area (Å²) in [7, 11) is 0. The lowest BCUT2D eigenvalue weighted by atomic mass is 9.87. The van der Waals surface area contributed by atoms with Gasteiger partial charge in [-0.05, 0) is 56.3 Å². The van der Waals surface area contributed by atoms with Crippen LogP contribution in [-0.4, -0.2) is 48.4 Å². The Bertz CT molecular complexity index is 708. The minimum Gasteiger partial charge on any atom is -0.341 e. The normalized spacial score (nSPS) is 26.9. The van der Waals surface area contributed by atoms with E-state index in [1.54, 1.807) is 0 Å². The number of halogens is 3. The molecule has 2 heterocycles. The second kappa shape index (κ2) is 8.66. The van der Waals surface area contributed by atoms with E-state index in [9.17, 15) is 18.0 Å². The maximum atomic E-state index is 13.3. The molecule has 3 fully saturated rings. The van der Waals surface area contributed by atoms with Crippen LogP contribution < -0.4 is 0 Å². The third-order valence-electron chi connectivity index (χ3n) is 7.04. The number of carbonyl (C=O) groups is 1. The van der Waals surface area contributed by atoms with E-state index in [1.165, 1.54) is 31.4 Å². The Morgan fingerprint density at radius 1 is 1.00 bits per heavy atom. The topological polar surface area (TPSA) is 23.6 Å². The molecule has 2 aliphatic heterocycles. The molecule has 160 valence electrons. The van der Waals surface area contributed by atoms with Gasteiger partial charge in [-0.25, -0.2) is 0 Å². The fourth-order valence-corrected chi connectivity index (χ4v) is 5.46. The van der Waals surface area contributed by atoms with Gasteiger partial charge in [0.15, 0.2) is 0 Å². The Morgan fingerprint density at radius 3 is 2.41 bits per heavy atom. The van der Waals surface area contributed by atoms with E-state index in [4.69, 9.17) is 0 Å². The standard InChI is InChI=1S/C23H31F3N2O/c24-23(25,26)20-10-6-9-18(13-20)21-16-28(22(29)17-7-2-3-8-17)15-19(21)14-27-11-4-1-5-12-27/h6,9-10,13,17,19,21H,1-5,7-8,11-12,14-16H2/t19-,21-/m0/s1. The number of amides is 1. The molecule has 0 radical (unpaired) electrons. The second-order valence-electron chi connectivity index (χ2n) is 9.08. The number of rotatable bonds is 4. The van der Waals surface area contributed by atoms with Crippen LogP contribution in [0.15, 0.2) is 24.3 Å². The number of alkyl halides is 3. The maximum Gasteiger partial charge on any atom is 0.416 e. The van der Waals surface area contributed by atoms with Gasteiger partial charge in [-0.15, -0.1) is 0 Å². The minimum atomic E-state index is -4.34. The van der Waals surface area contributed by atoms with Crippen LogP contribution in [0.25, 0.3) is 0 Å². The van der Waals surface area contributed by atoms with E-state index in [0.29, 0.717) is 13.1 Å². The van der Waals surface area contributed by atoms with Crippen molar-refractivity contribution in [3.05, 3.63) is 35.4 Å². The molecule has 4 rings (SSSR count). The molecule has 6 heteroatoms. The lowest BCUT2D eigenvalue weighted by Gasteiger charge is -2.31. The van der Waals surface area contributed by atoms with Crippen LogP contribution in [-0.2, 0) is 11.0 Å². The van der Waals surface area contributed by atoms with E-state index in [1.807, 2.05) is 11.0 Å². The zero-order chi connectivity index (χ0) is 20.4. The van der Waals surface area contributed by atoms with E-state index in [2.05, 4.69) is 4.90 Å². The fraction of sp³-hybridized carbons (Fsp3) is 0.696. The number of hydrogen-bond acceptors (Lipinski definition) is 2. The van der Waals surface area contributed by atoms with E-state index in [-0.39, 0.29) is 23.7 Å². The van der Waals surface area contributed by atoms with Gasteiger partial charge in [0, 0.05) is 31.5 Å². The first-order chi connectivity index (χ1) is 13.9. The molecule has 0 N–H and O–H groups in total. The third kappa shape index (κ3) is 4.79. The number of likely N-dealkylation sites (tertiary alicyclic amines) is 2. The maximum absolute atomic E-state index is 13.3. The molecule has 29 heavy (non-hydrogen) atoms. The van der Waals surface area contributed by atoms with Crippen molar-refractivity contribution in [3.8, 4) is 0 Å². The van der Waals surface area contributed by atoms with Gasteiger partial charge in [-0.2, -0.15) is 13.2 Å². The third-order valence-corrected chi connectivity index (χ3v) is 7.04. The second-order valence-corrected chi connectivity index (χ2v) is 9.08. The highest BCUT2D eigenvalue weighted by molar-refractivity contribution is 5.79. The quantitative estimate of drug-likeness (QED) is 0.706. The molecule has 0 spiro atoms. The van der Waals surface area contributed by atoms with Gasteiger partial charge in [-0.3, -0.25) is 4.79 Å². The highest BCUT2D eigenvalue weighted by Gasteiger charge is 2.40. The Labute approximate surface area is 171 Å². The molecule has 1 aromatic rings. The summed E-state index contributed by atoms with van der Waals surface area (Å²) in [5.41, 5.74) is 0.135. The fourth-order valence-electron chi connectivity index (χ4n) is 5.46. The molecule has 2 saturated heterocycles. The molecule has 0 bridgehead atoms. The van der Waals surface area contributed by atoms with E-state index >= 15 is 0 Å². The Kier molecular flexibility index (Phi) is 6.19. The predicted octanol–water partition coefficient (Wildman–Crippen LogP) is 4.92. The molecule has 3 nitrogen and oxygen atoms in total. The highest BCUT2D eigenvalue weighted by Crippen LogP contribution is 2.38. The number of hydrogen-bond donors (Lipinski definition) is 0. The molecule has 1 saturated carbocycles. The monoisotopic (exact) mass is 408 g/mol. The van der Waals surface area contributed by atoms with Crippen LogP contribution >= 0.6 is 0 Å². The summed E-state index contributed by atoms with van der Waals surface area (Å²) in [5.74, 6) is 0.512. The van der Waals surface area contributed by atoms with Crippen LogP contribution in [0.2, 0.25) is 0 Å². The van der Waals surface area contributed by atoms with Crippen molar-refractivity contribution in [3.63, 3.8) is 0 Å². The van der Waals surface area contributed by atoms with Crippen LogP contribution in [0, 0.1) is 11.8 Å². The molecule has 1 aromatic carbocycles. The zero-order valence-electron chi connectivity index (χ0n) is 17.0. The van der Waals surface area contributed by atoms with Gasteiger partial charge in [-0.1, -0.05) is 37.5 Å². The summed E-state index contributed by atoms with van der Waals surface area (Å²) in [6.07, 6.45) is 3.43. The number of piperidine rings is 1. The summed E-state index contributed by atoms with van der Waals surface area (Å²) in [6.45, 7) is 4.21. The van der Waals surface area contributed by atoms with Gasteiger partial charge >= 0.3 is 6.18 Å². The molecular formula is C23H31F3N2O. The SMILES string of the molecule is O=C(C1CCCC1)N1C[C@H](CN2CCCCC2)[C@H](c2cccc(C(F)(F)F)c2)C1.